The van der Waals surface area contributed by atoms with Crippen molar-refractivity contribution in [1.82, 2.24) is 4.90 Å². The van der Waals surface area contributed by atoms with Gasteiger partial charge < -0.3 is 14.4 Å². The second kappa shape index (κ2) is 8.37. The van der Waals surface area contributed by atoms with E-state index in [1.165, 1.54) is 6.07 Å². The largest absolute Gasteiger partial charge is 0.497 e. The van der Waals surface area contributed by atoms with Crippen molar-refractivity contribution < 1.29 is 23.0 Å². The van der Waals surface area contributed by atoms with Crippen molar-refractivity contribution in [3.63, 3.8) is 0 Å². The van der Waals surface area contributed by atoms with E-state index in [4.69, 9.17) is 9.47 Å². The molecule has 6 heteroatoms. The highest BCUT2D eigenvalue weighted by molar-refractivity contribution is 5.78. The van der Waals surface area contributed by atoms with Crippen molar-refractivity contribution in [2.45, 2.75) is 32.4 Å². The minimum Gasteiger partial charge on any atom is -0.497 e. The molecule has 1 aliphatic rings. The maximum absolute atomic E-state index is 13.7. The highest BCUT2D eigenvalue weighted by atomic mass is 19.1. The van der Waals surface area contributed by atoms with Crippen LogP contribution in [-0.2, 0) is 11.3 Å². The molecule has 0 bridgehead atoms. The fraction of sp³-hybridized carbons (Fsp3) is 0.381. The molecular formula is C21H23F2NO3. The fourth-order valence-electron chi connectivity index (χ4n) is 3.03. The highest BCUT2D eigenvalue weighted by Gasteiger charge is 2.34. The molecule has 1 fully saturated rings. The Labute approximate surface area is 157 Å². The van der Waals surface area contributed by atoms with Crippen LogP contribution >= 0.6 is 0 Å². The van der Waals surface area contributed by atoms with E-state index >= 15 is 0 Å². The first kappa shape index (κ1) is 19.1. The molecule has 1 amide bonds. The number of methoxy groups -OCH3 is 1. The second-order valence-electron chi connectivity index (χ2n) is 6.81. The average Bonchev–Trinajstić information content (AvgIpc) is 3.50. The zero-order valence-electron chi connectivity index (χ0n) is 15.5. The highest BCUT2D eigenvalue weighted by Crippen LogP contribution is 2.36. The van der Waals surface area contributed by atoms with Gasteiger partial charge in [-0.1, -0.05) is 12.1 Å². The Hall–Kier alpha value is -2.63. The number of nitrogens with zero attached hydrogens (tertiary/aromatic N) is 1. The molecule has 1 saturated carbocycles. The molecule has 0 spiro atoms. The number of carbonyl (C=O) groups is 1. The first-order chi connectivity index (χ1) is 13.0. The smallest absolute Gasteiger partial charge is 0.261 e. The standard InChI is InChI=1S/C21H23F2NO3/c1-14(16-5-6-16)24(12-15-3-8-18(26-2)9-4-15)21(25)13-27-20-10-7-17(22)11-19(20)23/h3-4,7-11,14,16H,5-6,12-13H2,1-2H3. The van der Waals surface area contributed by atoms with Gasteiger partial charge in [0.25, 0.3) is 5.91 Å². The van der Waals surface area contributed by atoms with Gasteiger partial charge in [-0.15, -0.1) is 0 Å². The summed E-state index contributed by atoms with van der Waals surface area (Å²) in [7, 11) is 1.60. The van der Waals surface area contributed by atoms with Crippen molar-refractivity contribution in [3.8, 4) is 11.5 Å². The first-order valence-corrected chi connectivity index (χ1v) is 8.98. The van der Waals surface area contributed by atoms with Gasteiger partial charge >= 0.3 is 0 Å². The molecule has 144 valence electrons. The Balaban J connectivity index is 1.68. The summed E-state index contributed by atoms with van der Waals surface area (Å²) >= 11 is 0. The Morgan fingerprint density at radius 3 is 2.48 bits per heavy atom. The number of hydrogen-bond donors (Lipinski definition) is 0. The third-order valence-corrected chi connectivity index (χ3v) is 4.87. The van der Waals surface area contributed by atoms with Gasteiger partial charge in [0.2, 0.25) is 0 Å². The van der Waals surface area contributed by atoms with Gasteiger partial charge in [0.1, 0.15) is 11.6 Å². The molecule has 27 heavy (non-hydrogen) atoms. The molecular weight excluding hydrogens is 352 g/mol. The number of benzene rings is 2. The van der Waals surface area contributed by atoms with Gasteiger partial charge in [-0.25, -0.2) is 8.78 Å². The minimum atomic E-state index is -0.820. The van der Waals surface area contributed by atoms with Crippen LogP contribution in [0.2, 0.25) is 0 Å². The van der Waals surface area contributed by atoms with Crippen LogP contribution in [0, 0.1) is 17.6 Å². The lowest BCUT2D eigenvalue weighted by molar-refractivity contribution is -0.136. The number of ether oxygens (including phenoxy) is 2. The van der Waals surface area contributed by atoms with E-state index in [0.29, 0.717) is 12.5 Å². The summed E-state index contributed by atoms with van der Waals surface area (Å²) in [5, 5.41) is 0. The SMILES string of the molecule is COc1ccc(CN(C(=O)COc2ccc(F)cc2F)C(C)C2CC2)cc1. The Bertz CT molecular complexity index is 791. The van der Waals surface area contributed by atoms with Crippen LogP contribution < -0.4 is 9.47 Å². The quantitative estimate of drug-likeness (QED) is 0.695. The lowest BCUT2D eigenvalue weighted by atomic mass is 10.1. The number of carbonyl (C=O) groups excluding carboxylic acids is 1. The summed E-state index contributed by atoms with van der Waals surface area (Å²) in [4.78, 5) is 14.5. The average molecular weight is 375 g/mol. The molecule has 1 unspecified atom stereocenters. The second-order valence-corrected chi connectivity index (χ2v) is 6.81. The molecule has 2 aromatic rings. The summed E-state index contributed by atoms with van der Waals surface area (Å²) in [6.07, 6.45) is 2.20. The van der Waals surface area contributed by atoms with Crippen molar-refractivity contribution in [2.24, 2.45) is 5.92 Å². The minimum absolute atomic E-state index is 0.0706. The maximum Gasteiger partial charge on any atom is 0.261 e. The van der Waals surface area contributed by atoms with E-state index in [0.717, 1.165) is 36.3 Å². The molecule has 0 heterocycles. The van der Waals surface area contributed by atoms with E-state index in [1.54, 1.807) is 12.0 Å². The predicted octanol–water partition coefficient (Wildman–Crippen LogP) is 4.18. The zero-order chi connectivity index (χ0) is 19.4. The van der Waals surface area contributed by atoms with Crippen LogP contribution in [0.1, 0.15) is 25.3 Å². The van der Waals surface area contributed by atoms with Crippen LogP contribution in [0.15, 0.2) is 42.5 Å². The molecule has 0 aliphatic heterocycles. The van der Waals surface area contributed by atoms with Crippen LogP contribution in [0.3, 0.4) is 0 Å². The van der Waals surface area contributed by atoms with Gasteiger partial charge in [-0.2, -0.15) is 0 Å². The monoisotopic (exact) mass is 375 g/mol. The molecule has 0 N–H and O–H groups in total. The van der Waals surface area contributed by atoms with Gasteiger partial charge in [-0.3, -0.25) is 4.79 Å². The number of amides is 1. The molecule has 0 radical (unpaired) electrons. The Morgan fingerprint density at radius 2 is 1.89 bits per heavy atom. The maximum atomic E-state index is 13.7. The van der Waals surface area contributed by atoms with E-state index < -0.39 is 11.6 Å². The molecule has 1 aliphatic carbocycles. The van der Waals surface area contributed by atoms with Crippen LogP contribution in [-0.4, -0.2) is 30.6 Å². The van der Waals surface area contributed by atoms with E-state index in [-0.39, 0.29) is 24.3 Å². The van der Waals surface area contributed by atoms with Crippen LogP contribution in [0.5, 0.6) is 11.5 Å². The van der Waals surface area contributed by atoms with Gasteiger partial charge in [0.15, 0.2) is 18.2 Å². The third kappa shape index (κ3) is 4.96. The summed E-state index contributed by atoms with van der Waals surface area (Å²) in [6.45, 7) is 2.17. The van der Waals surface area contributed by atoms with Gasteiger partial charge in [0, 0.05) is 18.7 Å². The lowest BCUT2D eigenvalue weighted by Crippen LogP contribution is -2.42. The normalized spacial score (nSPS) is 14.5. The third-order valence-electron chi connectivity index (χ3n) is 4.87. The molecule has 0 saturated heterocycles. The summed E-state index contributed by atoms with van der Waals surface area (Å²) in [5.74, 6) is -0.631. The van der Waals surface area contributed by atoms with Crippen molar-refractivity contribution >= 4 is 5.91 Å². The number of rotatable bonds is 8. The summed E-state index contributed by atoms with van der Waals surface area (Å²) in [5.41, 5.74) is 0.976. The lowest BCUT2D eigenvalue weighted by Gasteiger charge is -2.29. The Kier molecular flexibility index (Phi) is 5.94. The zero-order valence-corrected chi connectivity index (χ0v) is 15.5. The summed E-state index contributed by atoms with van der Waals surface area (Å²) in [6, 6.07) is 10.6. The van der Waals surface area contributed by atoms with Crippen LogP contribution in [0.25, 0.3) is 0 Å². The van der Waals surface area contributed by atoms with Gasteiger partial charge in [0.05, 0.1) is 7.11 Å². The first-order valence-electron chi connectivity index (χ1n) is 8.98. The van der Waals surface area contributed by atoms with Crippen molar-refractivity contribution in [3.05, 3.63) is 59.7 Å². The van der Waals surface area contributed by atoms with Crippen molar-refractivity contribution in [1.29, 1.82) is 0 Å². The molecule has 2 aromatic carbocycles. The molecule has 3 rings (SSSR count). The topological polar surface area (TPSA) is 38.8 Å². The van der Waals surface area contributed by atoms with E-state index in [2.05, 4.69) is 0 Å². The Morgan fingerprint density at radius 1 is 1.19 bits per heavy atom. The van der Waals surface area contributed by atoms with Crippen LogP contribution in [0.4, 0.5) is 8.78 Å². The van der Waals surface area contributed by atoms with E-state index in [1.807, 2.05) is 31.2 Å². The molecule has 1 atom stereocenters. The summed E-state index contributed by atoms with van der Waals surface area (Å²) < 4.78 is 37.2. The molecule has 4 nitrogen and oxygen atoms in total. The number of hydrogen-bond acceptors (Lipinski definition) is 3. The van der Waals surface area contributed by atoms with Gasteiger partial charge in [-0.05, 0) is 55.5 Å². The van der Waals surface area contributed by atoms with Crippen molar-refractivity contribution in [2.75, 3.05) is 13.7 Å². The van der Waals surface area contributed by atoms with E-state index in [9.17, 15) is 13.6 Å². The predicted molar refractivity (Wildman–Crippen MR) is 97.6 cm³/mol. The fourth-order valence-corrected chi connectivity index (χ4v) is 3.03. The number of halogens is 2. The molecule has 0 aromatic heterocycles.